The van der Waals surface area contributed by atoms with E-state index in [2.05, 4.69) is 15.9 Å². The zero-order valence-electron chi connectivity index (χ0n) is 17.4. The standard InChI is InChI=1S/C22H28BrNO5/c1-5-24(6-2)20(25)13-15(4)19-14-16-17(23)10-11-18(22(16)29-19)28-12-8-9-21(26)27-7-3/h10-11,13-14H,5-9,12H2,1-4H3/b15-13-. The number of carbonyl (C=O) groups is 2. The van der Waals surface area contributed by atoms with Crippen molar-refractivity contribution in [3.8, 4) is 5.75 Å². The first-order valence-corrected chi connectivity index (χ1v) is 10.7. The van der Waals surface area contributed by atoms with Gasteiger partial charge in [-0.2, -0.15) is 0 Å². The van der Waals surface area contributed by atoms with Gasteiger partial charge in [0, 0.05) is 35.4 Å². The van der Waals surface area contributed by atoms with Crippen LogP contribution in [0.25, 0.3) is 16.5 Å². The van der Waals surface area contributed by atoms with E-state index in [4.69, 9.17) is 13.9 Å². The minimum absolute atomic E-state index is 0.0394. The SMILES string of the molecule is CCOC(=O)CCCOc1ccc(Br)c2cc(/C(C)=C\C(=O)N(CC)CC)oc12. The first-order chi connectivity index (χ1) is 13.9. The molecule has 0 atom stereocenters. The molecule has 0 fully saturated rings. The fourth-order valence-corrected chi connectivity index (χ4v) is 3.32. The molecule has 158 valence electrons. The molecule has 7 heteroatoms. The van der Waals surface area contributed by atoms with Crippen molar-refractivity contribution < 1.29 is 23.5 Å². The molecule has 0 radical (unpaired) electrons. The average Bonchev–Trinajstić information content (AvgIpc) is 3.14. The molecule has 1 heterocycles. The first kappa shape index (κ1) is 23.0. The van der Waals surface area contributed by atoms with Crippen LogP contribution in [0.2, 0.25) is 0 Å². The van der Waals surface area contributed by atoms with Crippen LogP contribution in [0, 0.1) is 0 Å². The summed E-state index contributed by atoms with van der Waals surface area (Å²) in [5, 5.41) is 0.867. The molecule has 29 heavy (non-hydrogen) atoms. The number of carbonyl (C=O) groups excluding carboxylic acids is 2. The molecule has 0 spiro atoms. The van der Waals surface area contributed by atoms with Crippen LogP contribution in [0.1, 0.15) is 46.3 Å². The Hall–Kier alpha value is -2.28. The number of likely N-dealkylation sites (N-methyl/N-ethyl adjacent to an activating group) is 1. The molecule has 0 saturated carbocycles. The van der Waals surface area contributed by atoms with E-state index in [1.54, 1.807) is 17.9 Å². The summed E-state index contributed by atoms with van der Waals surface area (Å²) in [6.45, 7) is 9.62. The summed E-state index contributed by atoms with van der Waals surface area (Å²) in [5.74, 6) is 0.948. The maximum atomic E-state index is 12.4. The van der Waals surface area contributed by atoms with Crippen LogP contribution in [-0.4, -0.2) is 43.1 Å². The van der Waals surface area contributed by atoms with Gasteiger partial charge in [0.1, 0.15) is 5.76 Å². The number of esters is 1. The highest BCUT2D eigenvalue weighted by Crippen LogP contribution is 2.36. The van der Waals surface area contributed by atoms with E-state index in [-0.39, 0.29) is 11.9 Å². The third kappa shape index (κ3) is 6.10. The van der Waals surface area contributed by atoms with E-state index in [0.717, 1.165) is 15.4 Å². The number of ether oxygens (including phenoxy) is 2. The Labute approximate surface area is 180 Å². The summed E-state index contributed by atoms with van der Waals surface area (Å²) < 4.78 is 17.7. The lowest BCUT2D eigenvalue weighted by Crippen LogP contribution is -2.28. The number of nitrogens with zero attached hydrogens (tertiary/aromatic N) is 1. The van der Waals surface area contributed by atoms with Gasteiger partial charge in [-0.05, 0) is 57.9 Å². The van der Waals surface area contributed by atoms with E-state index in [0.29, 0.717) is 56.2 Å². The highest BCUT2D eigenvalue weighted by Gasteiger charge is 2.15. The molecule has 0 aliphatic rings. The summed E-state index contributed by atoms with van der Waals surface area (Å²) in [5.41, 5.74) is 1.35. The Bertz CT molecular complexity index is 883. The van der Waals surface area contributed by atoms with Crippen molar-refractivity contribution in [1.29, 1.82) is 0 Å². The number of allylic oxidation sites excluding steroid dienone is 1. The van der Waals surface area contributed by atoms with Crippen molar-refractivity contribution in [2.75, 3.05) is 26.3 Å². The van der Waals surface area contributed by atoms with E-state index in [9.17, 15) is 9.59 Å². The van der Waals surface area contributed by atoms with Gasteiger partial charge in [0.25, 0.3) is 0 Å². The van der Waals surface area contributed by atoms with Gasteiger partial charge in [-0.1, -0.05) is 15.9 Å². The molecular formula is C22H28BrNO5. The van der Waals surface area contributed by atoms with E-state index in [1.165, 1.54) is 0 Å². The largest absolute Gasteiger partial charge is 0.490 e. The maximum absolute atomic E-state index is 12.4. The van der Waals surface area contributed by atoms with E-state index >= 15 is 0 Å². The minimum Gasteiger partial charge on any atom is -0.490 e. The highest BCUT2D eigenvalue weighted by atomic mass is 79.9. The van der Waals surface area contributed by atoms with Crippen molar-refractivity contribution >= 4 is 44.3 Å². The molecule has 0 unspecified atom stereocenters. The van der Waals surface area contributed by atoms with Crippen LogP contribution in [-0.2, 0) is 14.3 Å². The van der Waals surface area contributed by atoms with Gasteiger partial charge in [-0.3, -0.25) is 9.59 Å². The monoisotopic (exact) mass is 465 g/mol. The lowest BCUT2D eigenvalue weighted by atomic mass is 10.2. The van der Waals surface area contributed by atoms with Gasteiger partial charge in [-0.15, -0.1) is 0 Å². The molecular weight excluding hydrogens is 438 g/mol. The van der Waals surface area contributed by atoms with Crippen LogP contribution in [0.4, 0.5) is 0 Å². The van der Waals surface area contributed by atoms with E-state index < -0.39 is 0 Å². The van der Waals surface area contributed by atoms with Crippen LogP contribution >= 0.6 is 15.9 Å². The zero-order valence-corrected chi connectivity index (χ0v) is 19.0. The summed E-state index contributed by atoms with van der Waals surface area (Å²) in [4.78, 5) is 25.5. The summed E-state index contributed by atoms with van der Waals surface area (Å²) >= 11 is 3.54. The Balaban J connectivity index is 2.17. The molecule has 0 aliphatic heterocycles. The molecule has 1 aromatic carbocycles. The number of hydrogen-bond acceptors (Lipinski definition) is 5. The Morgan fingerprint density at radius 3 is 2.59 bits per heavy atom. The van der Waals surface area contributed by atoms with Crippen molar-refractivity contribution in [3.05, 3.63) is 34.5 Å². The fourth-order valence-electron chi connectivity index (χ4n) is 2.89. The number of benzene rings is 1. The predicted octanol–water partition coefficient (Wildman–Crippen LogP) is 5.19. The molecule has 2 rings (SSSR count). The molecule has 1 aromatic heterocycles. The molecule has 0 saturated heterocycles. The number of furan rings is 1. The van der Waals surface area contributed by atoms with Crippen LogP contribution in [0.15, 0.2) is 33.2 Å². The topological polar surface area (TPSA) is 69.0 Å². The molecule has 0 bridgehead atoms. The third-order valence-electron chi connectivity index (χ3n) is 4.49. The average molecular weight is 466 g/mol. The van der Waals surface area contributed by atoms with Gasteiger partial charge in [0.2, 0.25) is 5.91 Å². The predicted molar refractivity (Wildman–Crippen MR) is 117 cm³/mol. The Morgan fingerprint density at radius 2 is 1.93 bits per heavy atom. The highest BCUT2D eigenvalue weighted by molar-refractivity contribution is 9.10. The van der Waals surface area contributed by atoms with Gasteiger partial charge >= 0.3 is 5.97 Å². The Morgan fingerprint density at radius 1 is 1.21 bits per heavy atom. The second kappa shape index (κ2) is 11.0. The second-order valence-corrected chi connectivity index (χ2v) is 7.35. The summed E-state index contributed by atoms with van der Waals surface area (Å²) in [6.07, 6.45) is 2.46. The molecule has 6 nitrogen and oxygen atoms in total. The van der Waals surface area contributed by atoms with Crippen LogP contribution < -0.4 is 4.74 Å². The molecule has 2 aromatic rings. The summed E-state index contributed by atoms with van der Waals surface area (Å²) in [7, 11) is 0. The van der Waals surface area contributed by atoms with E-state index in [1.807, 2.05) is 39.0 Å². The first-order valence-electron chi connectivity index (χ1n) is 9.89. The second-order valence-electron chi connectivity index (χ2n) is 6.49. The smallest absolute Gasteiger partial charge is 0.305 e. The molecule has 1 amide bonds. The molecule has 0 N–H and O–H groups in total. The number of amides is 1. The lowest BCUT2D eigenvalue weighted by Gasteiger charge is -2.16. The fraction of sp³-hybridized carbons (Fsp3) is 0.455. The quantitative estimate of drug-likeness (QED) is 0.274. The van der Waals surface area contributed by atoms with Crippen molar-refractivity contribution in [2.24, 2.45) is 0 Å². The normalized spacial score (nSPS) is 11.6. The number of halogens is 1. The zero-order chi connectivity index (χ0) is 21.4. The lowest BCUT2D eigenvalue weighted by molar-refractivity contribution is -0.143. The number of fused-ring (bicyclic) bond motifs is 1. The number of rotatable bonds is 10. The van der Waals surface area contributed by atoms with Crippen molar-refractivity contribution in [3.63, 3.8) is 0 Å². The van der Waals surface area contributed by atoms with Crippen molar-refractivity contribution in [1.82, 2.24) is 4.90 Å². The molecule has 0 aliphatic carbocycles. The minimum atomic E-state index is -0.226. The van der Waals surface area contributed by atoms with Crippen LogP contribution in [0.5, 0.6) is 5.75 Å². The van der Waals surface area contributed by atoms with Crippen LogP contribution in [0.3, 0.4) is 0 Å². The van der Waals surface area contributed by atoms with Gasteiger partial charge < -0.3 is 18.8 Å². The third-order valence-corrected chi connectivity index (χ3v) is 5.18. The van der Waals surface area contributed by atoms with Crippen molar-refractivity contribution in [2.45, 2.75) is 40.5 Å². The van der Waals surface area contributed by atoms with Gasteiger partial charge in [-0.25, -0.2) is 0 Å². The Kier molecular flexibility index (Phi) is 8.76. The van der Waals surface area contributed by atoms with Gasteiger partial charge in [0.15, 0.2) is 11.3 Å². The van der Waals surface area contributed by atoms with Gasteiger partial charge in [0.05, 0.1) is 13.2 Å². The number of hydrogen-bond donors (Lipinski definition) is 0. The summed E-state index contributed by atoms with van der Waals surface area (Å²) in [6, 6.07) is 5.61. The maximum Gasteiger partial charge on any atom is 0.305 e.